The summed E-state index contributed by atoms with van der Waals surface area (Å²) in [5, 5.41) is 0. The monoisotopic (exact) mass is 259 g/mol. The number of hydrogen-bond acceptors (Lipinski definition) is 4. The second-order valence-corrected chi connectivity index (χ2v) is 5.34. The Morgan fingerprint density at radius 3 is 2.74 bits per heavy atom. The van der Waals surface area contributed by atoms with Crippen molar-refractivity contribution in [1.29, 1.82) is 0 Å². The molecule has 1 aromatic rings. The van der Waals surface area contributed by atoms with Gasteiger partial charge in [-0.05, 0) is 36.7 Å². The number of benzene rings is 1. The summed E-state index contributed by atoms with van der Waals surface area (Å²) < 4.78 is 0. The van der Waals surface area contributed by atoms with Crippen LogP contribution in [0.4, 0.5) is 5.69 Å². The van der Waals surface area contributed by atoms with Crippen molar-refractivity contribution in [2.24, 2.45) is 5.73 Å². The van der Waals surface area contributed by atoms with Crippen LogP contribution in [0.1, 0.15) is 24.0 Å². The maximum atomic E-state index is 12.1. The number of carbonyl (C=O) groups is 2. The maximum Gasteiger partial charge on any atom is 0.250 e. The molecule has 5 heteroatoms. The van der Waals surface area contributed by atoms with E-state index in [1.807, 2.05) is 25.2 Å². The molecule has 0 aromatic heterocycles. The van der Waals surface area contributed by atoms with E-state index in [4.69, 9.17) is 5.73 Å². The molecule has 1 saturated heterocycles. The summed E-state index contributed by atoms with van der Waals surface area (Å²) in [4.78, 5) is 27.5. The topological polar surface area (TPSA) is 66.6 Å². The molecule has 0 unspecified atom stereocenters. The zero-order valence-electron chi connectivity index (χ0n) is 10.9. The fraction of sp³-hybridized carbons (Fsp3) is 0.429. The molecule has 2 aliphatic heterocycles. The number of rotatable bonds is 1. The molecule has 0 saturated carbocycles. The van der Waals surface area contributed by atoms with Gasteiger partial charge in [-0.25, -0.2) is 4.90 Å². The van der Waals surface area contributed by atoms with Crippen LogP contribution < -0.4 is 10.6 Å². The molecule has 2 heterocycles. The van der Waals surface area contributed by atoms with Gasteiger partial charge >= 0.3 is 0 Å². The molecule has 0 bridgehead atoms. The first-order valence-electron chi connectivity index (χ1n) is 6.49. The van der Waals surface area contributed by atoms with Crippen molar-refractivity contribution in [1.82, 2.24) is 4.90 Å². The van der Waals surface area contributed by atoms with E-state index in [9.17, 15) is 9.59 Å². The third-order valence-corrected chi connectivity index (χ3v) is 3.78. The van der Waals surface area contributed by atoms with Crippen molar-refractivity contribution < 1.29 is 9.59 Å². The zero-order valence-corrected chi connectivity index (χ0v) is 10.9. The van der Waals surface area contributed by atoms with Gasteiger partial charge in [0.2, 0.25) is 5.91 Å². The van der Waals surface area contributed by atoms with E-state index < -0.39 is 6.04 Å². The largest absolute Gasteiger partial charge is 0.320 e. The van der Waals surface area contributed by atoms with Gasteiger partial charge in [-0.3, -0.25) is 14.5 Å². The predicted octanol–water partition coefficient (Wildman–Crippen LogP) is 0.613. The van der Waals surface area contributed by atoms with Crippen molar-refractivity contribution in [2.45, 2.75) is 32.0 Å². The number of hydrogen-bond donors (Lipinski definition) is 1. The van der Waals surface area contributed by atoms with E-state index in [-0.39, 0.29) is 11.8 Å². The van der Waals surface area contributed by atoms with Crippen molar-refractivity contribution >= 4 is 17.5 Å². The summed E-state index contributed by atoms with van der Waals surface area (Å²) in [6, 6.07) is 5.21. The van der Waals surface area contributed by atoms with Crippen molar-refractivity contribution in [2.75, 3.05) is 11.9 Å². The third kappa shape index (κ3) is 2.05. The van der Waals surface area contributed by atoms with Crippen LogP contribution >= 0.6 is 0 Å². The smallest absolute Gasteiger partial charge is 0.250 e. The minimum Gasteiger partial charge on any atom is -0.320 e. The Hall–Kier alpha value is -1.72. The van der Waals surface area contributed by atoms with Gasteiger partial charge in [0.25, 0.3) is 5.91 Å². The van der Waals surface area contributed by atoms with Gasteiger partial charge in [-0.2, -0.15) is 0 Å². The lowest BCUT2D eigenvalue weighted by molar-refractivity contribution is -0.130. The number of fused-ring (bicyclic) bond motifs is 1. The molecule has 100 valence electrons. The van der Waals surface area contributed by atoms with Crippen LogP contribution in [0.15, 0.2) is 18.2 Å². The molecular weight excluding hydrogens is 242 g/mol. The average molecular weight is 259 g/mol. The van der Waals surface area contributed by atoms with E-state index in [1.165, 1.54) is 16.0 Å². The lowest BCUT2D eigenvalue weighted by atomic mass is 10.0. The molecule has 2 aliphatic rings. The molecule has 0 aliphatic carbocycles. The normalized spacial score (nSPS) is 23.9. The molecule has 2 N–H and O–H groups in total. The van der Waals surface area contributed by atoms with E-state index in [0.717, 1.165) is 13.1 Å². The molecule has 0 spiro atoms. The van der Waals surface area contributed by atoms with Gasteiger partial charge in [0.05, 0.1) is 11.7 Å². The summed E-state index contributed by atoms with van der Waals surface area (Å²) in [6.07, 6.45) is 0.783. The lowest BCUT2D eigenvalue weighted by Crippen LogP contribution is -2.51. The molecule has 19 heavy (non-hydrogen) atoms. The predicted molar refractivity (Wildman–Crippen MR) is 71.3 cm³/mol. The Labute approximate surface area is 112 Å². The average Bonchev–Trinajstić information content (AvgIpc) is 2.74. The molecule has 1 fully saturated rings. The number of piperidine rings is 1. The second kappa shape index (κ2) is 4.43. The van der Waals surface area contributed by atoms with Crippen LogP contribution in [0.25, 0.3) is 0 Å². The van der Waals surface area contributed by atoms with E-state index in [1.54, 1.807) is 0 Å². The highest BCUT2D eigenvalue weighted by Gasteiger charge is 2.33. The van der Waals surface area contributed by atoms with Gasteiger partial charge < -0.3 is 5.73 Å². The highest BCUT2D eigenvalue weighted by Crippen LogP contribution is 2.28. The molecule has 1 aromatic carbocycles. The first kappa shape index (κ1) is 12.3. The highest BCUT2D eigenvalue weighted by atomic mass is 16.2. The standard InChI is InChI=1S/C14H17N3O2/c1-16-7-9-2-3-11(6-10(9)8-16)17-13(18)5-4-12(15)14(17)19/h2-3,6,12H,4-5,7-8,15H2,1H3/t12-/m0/s1. The number of carbonyl (C=O) groups excluding carboxylic acids is 2. The first-order chi connectivity index (χ1) is 9.06. The third-order valence-electron chi connectivity index (χ3n) is 3.78. The van der Waals surface area contributed by atoms with Crippen molar-refractivity contribution in [3.05, 3.63) is 29.3 Å². The SMILES string of the molecule is CN1Cc2ccc(N3C(=O)CC[C@H](N)C3=O)cc2C1. The molecular formula is C14H17N3O2. The van der Waals surface area contributed by atoms with Crippen molar-refractivity contribution in [3.8, 4) is 0 Å². The van der Waals surface area contributed by atoms with Gasteiger partial charge in [0, 0.05) is 19.5 Å². The first-order valence-corrected chi connectivity index (χ1v) is 6.49. The fourth-order valence-corrected chi connectivity index (χ4v) is 2.76. The minimum absolute atomic E-state index is 0.155. The van der Waals surface area contributed by atoms with Crippen LogP contribution in [-0.2, 0) is 22.7 Å². The van der Waals surface area contributed by atoms with Crippen LogP contribution in [-0.4, -0.2) is 29.8 Å². The molecule has 5 nitrogen and oxygen atoms in total. The molecule has 2 amide bonds. The number of nitrogens with zero attached hydrogens (tertiary/aromatic N) is 2. The highest BCUT2D eigenvalue weighted by molar-refractivity contribution is 6.18. The molecule has 3 rings (SSSR count). The number of amides is 2. The fourth-order valence-electron chi connectivity index (χ4n) is 2.76. The van der Waals surface area contributed by atoms with Crippen LogP contribution in [0.5, 0.6) is 0 Å². The summed E-state index contributed by atoms with van der Waals surface area (Å²) in [5.41, 5.74) is 8.84. The second-order valence-electron chi connectivity index (χ2n) is 5.34. The summed E-state index contributed by atoms with van der Waals surface area (Å²) >= 11 is 0. The van der Waals surface area contributed by atoms with Crippen LogP contribution in [0.2, 0.25) is 0 Å². The van der Waals surface area contributed by atoms with Crippen LogP contribution in [0.3, 0.4) is 0 Å². The Morgan fingerprint density at radius 2 is 1.95 bits per heavy atom. The van der Waals surface area contributed by atoms with E-state index in [0.29, 0.717) is 18.5 Å². The quantitative estimate of drug-likeness (QED) is 0.751. The summed E-state index contributed by atoms with van der Waals surface area (Å²) in [6.45, 7) is 1.77. The van der Waals surface area contributed by atoms with Gasteiger partial charge in [-0.1, -0.05) is 6.07 Å². The van der Waals surface area contributed by atoms with Gasteiger partial charge in [0.15, 0.2) is 0 Å². The Balaban J connectivity index is 1.96. The number of nitrogens with two attached hydrogens (primary N) is 1. The number of imide groups is 1. The molecule has 1 atom stereocenters. The molecule has 0 radical (unpaired) electrons. The summed E-state index contributed by atoms with van der Waals surface area (Å²) in [5.74, 6) is -0.444. The van der Waals surface area contributed by atoms with E-state index >= 15 is 0 Å². The van der Waals surface area contributed by atoms with E-state index in [2.05, 4.69) is 4.90 Å². The van der Waals surface area contributed by atoms with Crippen molar-refractivity contribution in [3.63, 3.8) is 0 Å². The lowest BCUT2D eigenvalue weighted by Gasteiger charge is -2.28. The minimum atomic E-state index is -0.561. The zero-order chi connectivity index (χ0) is 13.6. The maximum absolute atomic E-state index is 12.1. The van der Waals surface area contributed by atoms with Crippen LogP contribution in [0, 0.1) is 0 Å². The Bertz CT molecular complexity index is 556. The summed E-state index contributed by atoms with van der Waals surface area (Å²) in [7, 11) is 2.05. The number of anilines is 1. The van der Waals surface area contributed by atoms with Gasteiger partial charge in [0.1, 0.15) is 0 Å². The Morgan fingerprint density at radius 1 is 1.21 bits per heavy atom. The Kier molecular flexibility index (Phi) is 2.88. The van der Waals surface area contributed by atoms with Gasteiger partial charge in [-0.15, -0.1) is 0 Å².